The van der Waals surface area contributed by atoms with Crippen LogP contribution < -0.4 is 10.7 Å². The molecule has 5 heteroatoms. The van der Waals surface area contributed by atoms with Crippen molar-refractivity contribution in [1.82, 2.24) is 0 Å². The molecule has 0 fully saturated rings. The minimum absolute atomic E-state index is 0.148. The highest BCUT2D eigenvalue weighted by Crippen LogP contribution is 2.27. The first-order valence-corrected chi connectivity index (χ1v) is 7.24. The van der Waals surface area contributed by atoms with E-state index in [1.807, 2.05) is 0 Å². The van der Waals surface area contributed by atoms with Crippen LogP contribution in [0.5, 0.6) is 0 Å². The summed E-state index contributed by atoms with van der Waals surface area (Å²) in [5.74, 6) is 0. The number of hydrogen-bond acceptors (Lipinski definition) is 4. The van der Waals surface area contributed by atoms with Crippen molar-refractivity contribution >= 4 is 22.7 Å². The topological polar surface area (TPSA) is 68.5 Å². The molecular formula is C18H15NO4. The molecule has 0 unspecified atom stereocenters. The lowest BCUT2D eigenvalue weighted by Gasteiger charge is -2.10. The van der Waals surface area contributed by atoms with Crippen molar-refractivity contribution in [2.75, 3.05) is 11.9 Å². The number of ether oxygens (including phenoxy) is 1. The van der Waals surface area contributed by atoms with Crippen LogP contribution in [0.4, 0.5) is 10.5 Å². The van der Waals surface area contributed by atoms with Gasteiger partial charge >= 0.3 is 6.09 Å². The minimum Gasteiger partial charge on any atom is -0.463 e. The zero-order valence-corrected chi connectivity index (χ0v) is 12.5. The Hall–Kier alpha value is -3.08. The molecule has 0 saturated heterocycles. The largest absolute Gasteiger partial charge is 0.463 e. The first-order valence-electron chi connectivity index (χ1n) is 7.24. The summed E-state index contributed by atoms with van der Waals surface area (Å²) in [4.78, 5) is 24.3. The number of fused-ring (bicyclic) bond motifs is 1. The van der Waals surface area contributed by atoms with E-state index in [0.717, 1.165) is 0 Å². The smallest absolute Gasteiger partial charge is 0.411 e. The summed E-state index contributed by atoms with van der Waals surface area (Å²) in [5, 5.41) is 3.14. The molecular weight excluding hydrogens is 294 g/mol. The van der Waals surface area contributed by atoms with Crippen LogP contribution in [0.3, 0.4) is 0 Å². The van der Waals surface area contributed by atoms with Gasteiger partial charge in [-0.3, -0.25) is 10.1 Å². The third-order valence-electron chi connectivity index (χ3n) is 3.41. The van der Waals surface area contributed by atoms with Crippen LogP contribution in [0.15, 0.2) is 64.0 Å². The van der Waals surface area contributed by atoms with Crippen molar-refractivity contribution in [3.05, 3.63) is 65.0 Å². The Labute approximate surface area is 132 Å². The lowest BCUT2D eigenvalue weighted by atomic mass is 10.0. The molecule has 0 aliphatic carbocycles. The van der Waals surface area contributed by atoms with E-state index in [2.05, 4.69) is 5.32 Å². The summed E-state index contributed by atoms with van der Waals surface area (Å²) < 4.78 is 10.4. The second-order valence-corrected chi connectivity index (χ2v) is 4.87. The minimum atomic E-state index is -0.565. The van der Waals surface area contributed by atoms with Crippen LogP contribution in [0.2, 0.25) is 0 Å². The molecule has 0 aliphatic rings. The summed E-state index contributed by atoms with van der Waals surface area (Å²) >= 11 is 0. The number of carbonyl (C=O) groups is 1. The number of hydrogen-bond donors (Lipinski definition) is 1. The van der Waals surface area contributed by atoms with E-state index in [4.69, 9.17) is 9.15 Å². The molecule has 3 rings (SSSR count). The van der Waals surface area contributed by atoms with Gasteiger partial charge in [0.15, 0.2) is 0 Å². The van der Waals surface area contributed by atoms with Gasteiger partial charge in [-0.15, -0.1) is 0 Å². The monoisotopic (exact) mass is 309 g/mol. The molecule has 0 radical (unpaired) electrons. The fourth-order valence-electron chi connectivity index (χ4n) is 2.37. The summed E-state index contributed by atoms with van der Waals surface area (Å²) in [6, 6.07) is 14.1. The third kappa shape index (κ3) is 2.94. The summed E-state index contributed by atoms with van der Waals surface area (Å²) in [5.41, 5.74) is 1.84. The molecule has 0 bridgehead atoms. The number of anilines is 1. The Balaban J connectivity index is 2.11. The highest BCUT2D eigenvalue weighted by atomic mass is 16.5. The van der Waals surface area contributed by atoms with Crippen LogP contribution in [-0.2, 0) is 4.74 Å². The molecule has 116 valence electrons. The highest BCUT2D eigenvalue weighted by molar-refractivity contribution is 5.92. The predicted molar refractivity (Wildman–Crippen MR) is 88.6 cm³/mol. The van der Waals surface area contributed by atoms with Crippen molar-refractivity contribution in [3.8, 4) is 11.1 Å². The highest BCUT2D eigenvalue weighted by Gasteiger charge is 2.13. The summed E-state index contributed by atoms with van der Waals surface area (Å²) in [6.07, 6.45) is 0.848. The summed E-state index contributed by atoms with van der Waals surface area (Å²) in [7, 11) is 0. The van der Waals surface area contributed by atoms with E-state index in [1.54, 1.807) is 55.5 Å². The average molecular weight is 309 g/mol. The van der Waals surface area contributed by atoms with Gasteiger partial charge in [0.2, 0.25) is 5.43 Å². The van der Waals surface area contributed by atoms with E-state index >= 15 is 0 Å². The number of benzene rings is 2. The van der Waals surface area contributed by atoms with Gasteiger partial charge in [-0.25, -0.2) is 4.79 Å². The van der Waals surface area contributed by atoms with Gasteiger partial charge in [0.05, 0.1) is 23.2 Å². The van der Waals surface area contributed by atoms with Crippen LogP contribution in [0, 0.1) is 0 Å². The molecule has 23 heavy (non-hydrogen) atoms. The molecule has 2 aromatic carbocycles. The van der Waals surface area contributed by atoms with Crippen molar-refractivity contribution in [2.24, 2.45) is 0 Å². The normalized spacial score (nSPS) is 10.5. The molecule has 1 heterocycles. The molecule has 1 N–H and O–H groups in total. The maximum Gasteiger partial charge on any atom is 0.411 e. The zero-order valence-electron chi connectivity index (χ0n) is 12.5. The van der Waals surface area contributed by atoms with Gasteiger partial charge in [-0.05, 0) is 25.1 Å². The maximum atomic E-state index is 12.7. The van der Waals surface area contributed by atoms with Crippen molar-refractivity contribution < 1.29 is 13.9 Å². The summed E-state index contributed by atoms with van der Waals surface area (Å²) in [6.45, 7) is 2.00. The molecule has 0 saturated carbocycles. The first kappa shape index (κ1) is 14.8. The average Bonchev–Trinajstić information content (AvgIpc) is 2.57. The van der Waals surface area contributed by atoms with Crippen molar-refractivity contribution in [1.29, 1.82) is 0 Å². The number of nitrogens with one attached hydrogen (secondary N) is 1. The second-order valence-electron chi connectivity index (χ2n) is 4.87. The lowest BCUT2D eigenvalue weighted by molar-refractivity contribution is 0.168. The predicted octanol–water partition coefficient (Wildman–Crippen LogP) is 4.03. The Morgan fingerprint density at radius 3 is 2.65 bits per heavy atom. The van der Waals surface area contributed by atoms with Crippen LogP contribution in [0.25, 0.3) is 22.1 Å². The standard InChI is InChI=1S/C18H15NO4/c1-2-22-18(21)19-15-9-5-3-7-12(15)14-11-23-16-10-6-4-8-13(16)17(14)20/h3-11H,2H2,1H3,(H,19,21). The molecule has 1 amide bonds. The van der Waals surface area contributed by atoms with Crippen LogP contribution in [0.1, 0.15) is 6.92 Å². The van der Waals surface area contributed by atoms with E-state index in [0.29, 0.717) is 27.8 Å². The molecule has 5 nitrogen and oxygen atoms in total. The van der Waals surface area contributed by atoms with Crippen LogP contribution in [-0.4, -0.2) is 12.7 Å². The van der Waals surface area contributed by atoms with Gasteiger partial charge < -0.3 is 9.15 Å². The van der Waals surface area contributed by atoms with Gasteiger partial charge in [-0.1, -0.05) is 30.3 Å². The van der Waals surface area contributed by atoms with Crippen LogP contribution >= 0.6 is 0 Å². The SMILES string of the molecule is CCOC(=O)Nc1ccccc1-c1coc2ccccc2c1=O. The van der Waals surface area contributed by atoms with E-state index in [-0.39, 0.29) is 12.0 Å². The number of para-hydroxylation sites is 2. The van der Waals surface area contributed by atoms with E-state index < -0.39 is 6.09 Å². The molecule has 0 spiro atoms. The van der Waals surface area contributed by atoms with Gasteiger partial charge in [-0.2, -0.15) is 0 Å². The first-order chi connectivity index (χ1) is 11.2. The Kier molecular flexibility index (Phi) is 4.10. The molecule has 1 aromatic heterocycles. The Morgan fingerprint density at radius 1 is 1.09 bits per heavy atom. The quantitative estimate of drug-likeness (QED) is 0.793. The Morgan fingerprint density at radius 2 is 1.83 bits per heavy atom. The second kappa shape index (κ2) is 6.36. The lowest BCUT2D eigenvalue weighted by Crippen LogP contribution is -2.15. The number of rotatable bonds is 3. The maximum absolute atomic E-state index is 12.7. The number of carbonyl (C=O) groups excluding carboxylic acids is 1. The zero-order chi connectivity index (χ0) is 16.2. The molecule has 0 atom stereocenters. The van der Waals surface area contributed by atoms with Gasteiger partial charge in [0.25, 0.3) is 0 Å². The van der Waals surface area contributed by atoms with E-state index in [9.17, 15) is 9.59 Å². The molecule has 3 aromatic rings. The Bertz CT molecular complexity index is 914. The number of amides is 1. The molecule has 0 aliphatic heterocycles. The fraction of sp³-hybridized carbons (Fsp3) is 0.111. The van der Waals surface area contributed by atoms with E-state index in [1.165, 1.54) is 6.26 Å². The fourth-order valence-corrected chi connectivity index (χ4v) is 2.37. The van der Waals surface area contributed by atoms with Crippen molar-refractivity contribution in [3.63, 3.8) is 0 Å². The van der Waals surface area contributed by atoms with Gasteiger partial charge in [0.1, 0.15) is 11.8 Å². The van der Waals surface area contributed by atoms with Gasteiger partial charge in [0, 0.05) is 5.56 Å². The van der Waals surface area contributed by atoms with Crippen molar-refractivity contribution in [2.45, 2.75) is 6.92 Å². The third-order valence-corrected chi connectivity index (χ3v) is 3.41.